The van der Waals surface area contributed by atoms with Crippen molar-refractivity contribution < 1.29 is 14.3 Å². The zero-order valence-electron chi connectivity index (χ0n) is 7.18. The van der Waals surface area contributed by atoms with Crippen LogP contribution in [0.25, 0.3) is 5.53 Å². The molecule has 0 aromatic heterocycles. The summed E-state index contributed by atoms with van der Waals surface area (Å²) in [4.78, 5) is 14.0. The minimum absolute atomic E-state index is 0.0411. The van der Waals surface area contributed by atoms with Crippen LogP contribution in [-0.4, -0.2) is 22.9 Å². The topological polar surface area (TPSA) is 62.7 Å². The monoisotopic (exact) mass is 210 g/mol. The number of carbonyl (C=O) groups excluding carboxylic acids is 1. The van der Waals surface area contributed by atoms with Crippen molar-refractivity contribution in [1.29, 1.82) is 0 Å². The number of halogens is 1. The molecular weight excluding hydrogens is 204 g/mol. The number of rotatable bonds is 4. The van der Waals surface area contributed by atoms with Crippen molar-refractivity contribution in [3.05, 3.63) is 35.4 Å². The summed E-state index contributed by atoms with van der Waals surface area (Å²) in [5.74, 6) is -0.0689. The van der Waals surface area contributed by atoms with Crippen LogP contribution in [0.1, 0.15) is 10.4 Å². The molecule has 0 amide bonds. The molecule has 72 valence electrons. The smallest absolute Gasteiger partial charge is 0.328 e. The van der Waals surface area contributed by atoms with E-state index in [-0.39, 0.29) is 6.07 Å². The van der Waals surface area contributed by atoms with Crippen LogP contribution in [0.2, 0.25) is 0 Å². The molecule has 0 aliphatic carbocycles. The fourth-order valence-electron chi connectivity index (χ4n) is 0.977. The maximum Gasteiger partial charge on any atom is 0.328 e. The number of Topliss-reactive ketones (excluding diaryl/α,β-unsaturated/α-hetero) is 1. The normalized spacial score (nSPS) is 8.93. The molecule has 0 unspecified atom stereocenters. The maximum atomic E-state index is 11.3. The number of hydrogen-bond acceptors (Lipinski definition) is 2. The lowest BCUT2D eigenvalue weighted by molar-refractivity contribution is 0.00231. The Morgan fingerprint density at radius 1 is 1.57 bits per heavy atom. The molecule has 0 bridgehead atoms. The van der Waals surface area contributed by atoms with Crippen LogP contribution in [0.3, 0.4) is 0 Å². The van der Waals surface area contributed by atoms with Gasteiger partial charge >= 0.3 is 6.21 Å². The molecule has 0 spiro atoms. The van der Waals surface area contributed by atoms with Crippen molar-refractivity contribution in [2.75, 3.05) is 6.07 Å². The fraction of sp³-hybridized carbons (Fsp3) is 0.111. The van der Waals surface area contributed by atoms with Gasteiger partial charge in [-0.05, 0) is 12.1 Å². The van der Waals surface area contributed by atoms with E-state index in [2.05, 4.69) is 4.79 Å². The lowest BCUT2D eigenvalue weighted by Crippen LogP contribution is -2.04. The molecule has 0 radical (unpaired) electrons. The molecule has 1 aromatic rings. The summed E-state index contributed by atoms with van der Waals surface area (Å²) in [7, 11) is 0. The number of para-hydroxylation sites is 1. The Hall–Kier alpha value is -1.64. The van der Waals surface area contributed by atoms with Crippen LogP contribution in [0, 0.1) is 0 Å². The van der Waals surface area contributed by atoms with Gasteiger partial charge in [0, 0.05) is 0 Å². The van der Waals surface area contributed by atoms with Crippen molar-refractivity contribution in [3.8, 4) is 5.75 Å². The Bertz CT molecular complexity index is 386. The fourth-order valence-corrected chi connectivity index (χ4v) is 1.09. The highest BCUT2D eigenvalue weighted by Crippen LogP contribution is 2.17. The number of ether oxygens (including phenoxy) is 1. The minimum Gasteiger partial charge on any atom is -0.477 e. The van der Waals surface area contributed by atoms with E-state index in [0.717, 1.165) is 6.21 Å². The third kappa shape index (κ3) is 2.42. The Morgan fingerprint density at radius 2 is 2.29 bits per heavy atom. The van der Waals surface area contributed by atoms with Gasteiger partial charge in [-0.1, -0.05) is 23.7 Å². The zero-order valence-corrected chi connectivity index (χ0v) is 7.94. The maximum absolute atomic E-state index is 11.3. The predicted molar refractivity (Wildman–Crippen MR) is 51.8 cm³/mol. The molecule has 1 aromatic carbocycles. The van der Waals surface area contributed by atoms with Crippen LogP contribution >= 0.6 is 11.6 Å². The van der Waals surface area contributed by atoms with Crippen LogP contribution in [-0.2, 0) is 0 Å². The van der Waals surface area contributed by atoms with Gasteiger partial charge in [-0.15, -0.1) is 0 Å². The molecule has 0 heterocycles. The van der Waals surface area contributed by atoms with Gasteiger partial charge in [0.15, 0.2) is 6.07 Å². The number of nitrogens with zero attached hydrogens (tertiary/aromatic N) is 2. The van der Waals surface area contributed by atoms with E-state index in [1.807, 2.05) is 0 Å². The number of alkyl halides is 1. The van der Waals surface area contributed by atoms with Gasteiger partial charge in [0.05, 0.1) is 5.56 Å². The third-order valence-electron chi connectivity index (χ3n) is 1.54. The van der Waals surface area contributed by atoms with Crippen LogP contribution in [0.4, 0.5) is 0 Å². The van der Waals surface area contributed by atoms with Crippen molar-refractivity contribution in [1.82, 2.24) is 0 Å². The summed E-state index contributed by atoms with van der Waals surface area (Å²) < 4.78 is 5.01. The van der Waals surface area contributed by atoms with Gasteiger partial charge in [0.2, 0.25) is 0 Å². The summed E-state index contributed by atoms with van der Waals surface area (Å²) >= 11 is 5.37. The molecule has 4 nitrogen and oxygen atoms in total. The van der Waals surface area contributed by atoms with Crippen molar-refractivity contribution in [2.24, 2.45) is 0 Å². The Labute approximate surface area is 85.7 Å². The van der Waals surface area contributed by atoms with Gasteiger partial charge in [-0.3, -0.25) is 4.79 Å². The number of ketones is 1. The first-order valence-corrected chi connectivity index (χ1v) is 4.32. The van der Waals surface area contributed by atoms with E-state index < -0.39 is 5.78 Å². The Kier molecular flexibility index (Phi) is 3.85. The molecule has 14 heavy (non-hydrogen) atoms. The highest BCUT2D eigenvalue weighted by atomic mass is 35.5. The minimum atomic E-state index is -0.437. The molecule has 5 heteroatoms. The summed E-state index contributed by atoms with van der Waals surface area (Å²) in [5, 5.41) is 0. The molecule has 0 saturated carbocycles. The lowest BCUT2D eigenvalue weighted by Gasteiger charge is -2.04. The van der Waals surface area contributed by atoms with Crippen LogP contribution < -0.4 is 4.74 Å². The average molecular weight is 211 g/mol. The standard InChI is InChI=1S/C9H7ClN2O2/c10-6-14-9-4-2-1-3-7(9)8(13)5-12-11/h1-5H,6H2. The summed E-state index contributed by atoms with van der Waals surface area (Å²) in [6.07, 6.45) is 0.802. The van der Waals surface area contributed by atoms with Gasteiger partial charge in [-0.2, -0.15) is 4.79 Å². The number of carbonyl (C=O) groups is 1. The van der Waals surface area contributed by atoms with Gasteiger partial charge < -0.3 is 10.3 Å². The largest absolute Gasteiger partial charge is 0.477 e. The molecular formula is C9H7ClN2O2. The third-order valence-corrected chi connectivity index (χ3v) is 1.65. The number of hydrogen-bond donors (Lipinski definition) is 0. The van der Waals surface area contributed by atoms with Gasteiger partial charge in [0.25, 0.3) is 5.78 Å². The second kappa shape index (κ2) is 5.17. The second-order valence-electron chi connectivity index (χ2n) is 2.36. The van der Waals surface area contributed by atoms with Gasteiger partial charge in [-0.25, -0.2) is 0 Å². The highest BCUT2D eigenvalue weighted by Gasteiger charge is 2.12. The first kappa shape index (κ1) is 10.4. The van der Waals surface area contributed by atoms with Crippen LogP contribution in [0.5, 0.6) is 5.75 Å². The molecule has 1 rings (SSSR count). The van der Waals surface area contributed by atoms with E-state index in [1.165, 1.54) is 0 Å². The summed E-state index contributed by atoms with van der Waals surface area (Å²) in [5.41, 5.74) is 8.51. The Morgan fingerprint density at radius 3 is 2.93 bits per heavy atom. The Balaban J connectivity index is 3.05. The van der Waals surface area contributed by atoms with Crippen molar-refractivity contribution >= 4 is 23.6 Å². The average Bonchev–Trinajstić information content (AvgIpc) is 2.19. The summed E-state index contributed by atoms with van der Waals surface area (Å²) in [6.45, 7) is 0. The highest BCUT2D eigenvalue weighted by molar-refractivity contribution is 6.34. The molecule has 0 N–H and O–H groups in total. The number of benzene rings is 1. The van der Waals surface area contributed by atoms with E-state index in [1.54, 1.807) is 24.3 Å². The molecule has 0 atom stereocenters. The van der Waals surface area contributed by atoms with Crippen molar-refractivity contribution in [2.45, 2.75) is 0 Å². The first-order chi connectivity index (χ1) is 6.79. The lowest BCUT2D eigenvalue weighted by atomic mass is 10.1. The molecule has 0 aliphatic heterocycles. The molecule has 0 fully saturated rings. The SMILES string of the molecule is [N-]=[N+]=CC(=O)c1ccccc1OCCl. The van der Waals surface area contributed by atoms with Gasteiger partial charge in [0.1, 0.15) is 5.75 Å². The van der Waals surface area contributed by atoms with Crippen LogP contribution in [0.15, 0.2) is 24.3 Å². The second-order valence-corrected chi connectivity index (χ2v) is 2.58. The zero-order chi connectivity index (χ0) is 10.4. The molecule has 0 aliphatic rings. The quantitative estimate of drug-likeness (QED) is 0.250. The van der Waals surface area contributed by atoms with Crippen molar-refractivity contribution in [3.63, 3.8) is 0 Å². The van der Waals surface area contributed by atoms with E-state index in [0.29, 0.717) is 11.3 Å². The molecule has 0 saturated heterocycles. The predicted octanol–water partition coefficient (Wildman–Crippen LogP) is 1.75. The summed E-state index contributed by atoms with van der Waals surface area (Å²) in [6, 6.07) is 6.53. The van der Waals surface area contributed by atoms with E-state index in [4.69, 9.17) is 21.9 Å². The first-order valence-electron chi connectivity index (χ1n) is 3.79. The van der Waals surface area contributed by atoms with E-state index in [9.17, 15) is 4.79 Å². The van der Waals surface area contributed by atoms with E-state index >= 15 is 0 Å².